The van der Waals surface area contributed by atoms with E-state index in [-0.39, 0.29) is 5.82 Å². The maximum Gasteiger partial charge on any atom is 0.157 e. The van der Waals surface area contributed by atoms with E-state index in [2.05, 4.69) is 9.55 Å². The van der Waals surface area contributed by atoms with Crippen molar-refractivity contribution in [3.8, 4) is 11.5 Å². The van der Waals surface area contributed by atoms with Crippen molar-refractivity contribution in [2.45, 2.75) is 19.3 Å². The van der Waals surface area contributed by atoms with Crippen molar-refractivity contribution in [1.29, 1.82) is 0 Å². The fourth-order valence-corrected chi connectivity index (χ4v) is 3.50. The van der Waals surface area contributed by atoms with Gasteiger partial charge in [-0.25, -0.2) is 9.37 Å². The van der Waals surface area contributed by atoms with Crippen LogP contribution >= 0.6 is 0 Å². The first-order valence-electron chi connectivity index (χ1n) is 8.61. The van der Waals surface area contributed by atoms with E-state index in [1.165, 1.54) is 6.07 Å². The molecule has 0 bridgehead atoms. The number of nitrogens with two attached hydrogens (primary N) is 1. The standard InChI is InChI=1S/C20H21FN4/c1-25-17-11-3-2-10-16(17)23-20(25)19-14(7-4-5-12-22)13-8-6-9-15(21)18(13)24-19/h2-3,6,8-11,24H,4-5,7,12,22H2,1H3. The van der Waals surface area contributed by atoms with Crippen LogP contribution in [0.4, 0.5) is 4.39 Å². The Balaban J connectivity index is 1.94. The van der Waals surface area contributed by atoms with Crippen LogP contribution in [0.15, 0.2) is 42.5 Å². The monoisotopic (exact) mass is 336 g/mol. The summed E-state index contributed by atoms with van der Waals surface area (Å²) in [6, 6.07) is 13.2. The Morgan fingerprint density at radius 1 is 1.12 bits per heavy atom. The normalized spacial score (nSPS) is 11.6. The van der Waals surface area contributed by atoms with Crippen molar-refractivity contribution in [3.05, 3.63) is 53.8 Å². The van der Waals surface area contributed by atoms with Gasteiger partial charge in [-0.15, -0.1) is 0 Å². The number of nitrogens with one attached hydrogen (secondary N) is 1. The summed E-state index contributed by atoms with van der Waals surface area (Å²) in [6.45, 7) is 0.665. The number of hydrogen-bond donors (Lipinski definition) is 2. The molecule has 0 aliphatic carbocycles. The molecule has 0 aliphatic heterocycles. The van der Waals surface area contributed by atoms with E-state index in [4.69, 9.17) is 10.7 Å². The number of aromatic amines is 1. The lowest BCUT2D eigenvalue weighted by atomic mass is 10.0. The molecule has 128 valence electrons. The Bertz CT molecular complexity index is 1040. The zero-order valence-electron chi connectivity index (χ0n) is 14.2. The summed E-state index contributed by atoms with van der Waals surface area (Å²) in [6.07, 6.45) is 2.76. The van der Waals surface area contributed by atoms with Gasteiger partial charge < -0.3 is 15.3 Å². The first kappa shape index (κ1) is 15.8. The Hall–Kier alpha value is -2.66. The van der Waals surface area contributed by atoms with Gasteiger partial charge >= 0.3 is 0 Å². The average molecular weight is 336 g/mol. The lowest BCUT2D eigenvalue weighted by Crippen LogP contribution is -2.00. The number of hydrogen-bond acceptors (Lipinski definition) is 2. The van der Waals surface area contributed by atoms with Crippen LogP contribution < -0.4 is 5.73 Å². The molecular formula is C20H21FN4. The first-order chi connectivity index (χ1) is 12.2. The zero-order valence-corrected chi connectivity index (χ0v) is 14.2. The van der Waals surface area contributed by atoms with Crippen molar-refractivity contribution in [3.63, 3.8) is 0 Å². The smallest absolute Gasteiger partial charge is 0.157 e. The molecule has 0 unspecified atom stereocenters. The van der Waals surface area contributed by atoms with E-state index in [1.807, 2.05) is 37.4 Å². The van der Waals surface area contributed by atoms with Crippen molar-refractivity contribution in [1.82, 2.24) is 14.5 Å². The second kappa shape index (κ2) is 6.33. The molecule has 2 aromatic heterocycles. The average Bonchev–Trinajstić information content (AvgIpc) is 3.15. The fraction of sp³-hybridized carbons (Fsp3) is 0.250. The molecule has 0 spiro atoms. The highest BCUT2D eigenvalue weighted by molar-refractivity contribution is 5.91. The third-order valence-electron chi connectivity index (χ3n) is 4.78. The van der Waals surface area contributed by atoms with E-state index >= 15 is 0 Å². The number of imidazole rings is 1. The van der Waals surface area contributed by atoms with Gasteiger partial charge in [0, 0.05) is 12.4 Å². The molecule has 0 aliphatic rings. The number of nitrogens with zero attached hydrogens (tertiary/aromatic N) is 2. The van der Waals surface area contributed by atoms with Crippen molar-refractivity contribution in [2.24, 2.45) is 12.8 Å². The highest BCUT2D eigenvalue weighted by Gasteiger charge is 2.19. The highest BCUT2D eigenvalue weighted by Crippen LogP contribution is 2.33. The SMILES string of the molecule is Cn1c(-c2[nH]c3c(F)cccc3c2CCCCN)nc2ccccc21. The van der Waals surface area contributed by atoms with E-state index in [1.54, 1.807) is 6.07 Å². The zero-order chi connectivity index (χ0) is 17.4. The number of para-hydroxylation sites is 3. The predicted octanol–water partition coefficient (Wildman–Crippen LogP) is 4.14. The van der Waals surface area contributed by atoms with Crippen molar-refractivity contribution >= 4 is 21.9 Å². The van der Waals surface area contributed by atoms with Crippen LogP contribution in [0, 0.1) is 5.82 Å². The Morgan fingerprint density at radius 2 is 1.96 bits per heavy atom. The van der Waals surface area contributed by atoms with E-state index in [9.17, 15) is 4.39 Å². The quantitative estimate of drug-likeness (QED) is 0.538. The van der Waals surface area contributed by atoms with Gasteiger partial charge in [0.15, 0.2) is 5.82 Å². The topological polar surface area (TPSA) is 59.6 Å². The second-order valence-corrected chi connectivity index (χ2v) is 6.37. The number of unbranched alkanes of at least 4 members (excludes halogenated alkanes) is 1. The van der Waals surface area contributed by atoms with Gasteiger partial charge in [0.2, 0.25) is 0 Å². The van der Waals surface area contributed by atoms with Crippen molar-refractivity contribution in [2.75, 3.05) is 6.54 Å². The van der Waals surface area contributed by atoms with Crippen LogP contribution in [0.1, 0.15) is 18.4 Å². The van der Waals surface area contributed by atoms with Gasteiger partial charge in [0.1, 0.15) is 5.82 Å². The van der Waals surface area contributed by atoms with Crippen LogP contribution in [-0.4, -0.2) is 21.1 Å². The minimum Gasteiger partial charge on any atom is -0.349 e. The summed E-state index contributed by atoms with van der Waals surface area (Å²) in [7, 11) is 2.00. The molecule has 0 amide bonds. The highest BCUT2D eigenvalue weighted by atomic mass is 19.1. The Kier molecular flexibility index (Phi) is 4.01. The molecule has 4 aromatic rings. The number of benzene rings is 2. The fourth-order valence-electron chi connectivity index (χ4n) is 3.50. The summed E-state index contributed by atoms with van der Waals surface area (Å²) in [5.41, 5.74) is 10.2. The number of rotatable bonds is 5. The predicted molar refractivity (Wildman–Crippen MR) is 100.0 cm³/mol. The van der Waals surface area contributed by atoms with Gasteiger partial charge in [-0.1, -0.05) is 24.3 Å². The number of aromatic nitrogens is 3. The molecule has 2 heterocycles. The first-order valence-corrected chi connectivity index (χ1v) is 8.61. The molecule has 5 heteroatoms. The Morgan fingerprint density at radius 3 is 2.76 bits per heavy atom. The largest absolute Gasteiger partial charge is 0.349 e. The summed E-state index contributed by atoms with van der Waals surface area (Å²) in [5, 5.41) is 0.930. The number of H-pyrrole nitrogens is 1. The van der Waals surface area contributed by atoms with Crippen molar-refractivity contribution < 1.29 is 4.39 Å². The lowest BCUT2D eigenvalue weighted by Gasteiger charge is -2.05. The van der Waals surface area contributed by atoms with Crippen LogP contribution in [0.25, 0.3) is 33.5 Å². The van der Waals surface area contributed by atoms with Crippen LogP contribution in [0.3, 0.4) is 0 Å². The molecule has 0 atom stereocenters. The van der Waals surface area contributed by atoms with Crippen LogP contribution in [-0.2, 0) is 13.5 Å². The second-order valence-electron chi connectivity index (χ2n) is 6.37. The maximum absolute atomic E-state index is 14.3. The van der Waals surface area contributed by atoms with Gasteiger partial charge in [-0.3, -0.25) is 0 Å². The van der Waals surface area contributed by atoms with Gasteiger partial charge in [0.25, 0.3) is 0 Å². The lowest BCUT2D eigenvalue weighted by molar-refractivity contribution is 0.637. The van der Waals surface area contributed by atoms with Gasteiger partial charge in [-0.2, -0.15) is 0 Å². The van der Waals surface area contributed by atoms with Gasteiger partial charge in [-0.05, 0) is 49.6 Å². The number of aryl methyl sites for hydroxylation is 2. The number of fused-ring (bicyclic) bond motifs is 2. The molecule has 0 fully saturated rings. The maximum atomic E-state index is 14.3. The molecule has 0 radical (unpaired) electrons. The molecule has 4 nitrogen and oxygen atoms in total. The summed E-state index contributed by atoms with van der Waals surface area (Å²) in [4.78, 5) is 8.07. The van der Waals surface area contributed by atoms with Crippen LogP contribution in [0.5, 0.6) is 0 Å². The molecule has 4 rings (SSSR count). The van der Waals surface area contributed by atoms with E-state index in [0.717, 1.165) is 52.8 Å². The molecule has 2 aromatic carbocycles. The Labute approximate surface area is 145 Å². The van der Waals surface area contributed by atoms with Crippen LogP contribution in [0.2, 0.25) is 0 Å². The molecular weight excluding hydrogens is 315 g/mol. The number of halogens is 1. The summed E-state index contributed by atoms with van der Waals surface area (Å²) < 4.78 is 16.4. The minimum absolute atomic E-state index is 0.234. The molecule has 0 saturated carbocycles. The molecule has 3 N–H and O–H groups in total. The summed E-state index contributed by atoms with van der Waals surface area (Å²) in [5.74, 6) is 0.599. The third kappa shape index (κ3) is 2.61. The summed E-state index contributed by atoms with van der Waals surface area (Å²) >= 11 is 0. The molecule has 25 heavy (non-hydrogen) atoms. The van der Waals surface area contributed by atoms with E-state index in [0.29, 0.717) is 12.1 Å². The molecule has 0 saturated heterocycles. The van der Waals surface area contributed by atoms with Gasteiger partial charge in [0.05, 0.1) is 22.2 Å². The third-order valence-corrected chi connectivity index (χ3v) is 4.78. The van der Waals surface area contributed by atoms with E-state index < -0.39 is 0 Å². The minimum atomic E-state index is -0.234.